The molecular formula is C13H23N3O5. The number of amides is 3. The van der Waals surface area contributed by atoms with E-state index in [1.165, 1.54) is 9.80 Å². The number of hydrogen-bond acceptors (Lipinski definition) is 4. The molecule has 1 unspecified atom stereocenters. The van der Waals surface area contributed by atoms with Gasteiger partial charge in [-0.25, -0.2) is 14.4 Å². The fraction of sp³-hybridized carbons (Fsp3) is 0.769. The van der Waals surface area contributed by atoms with E-state index in [0.717, 1.165) is 0 Å². The van der Waals surface area contributed by atoms with Crippen LogP contribution in [0.1, 0.15) is 20.8 Å². The molecule has 8 nitrogen and oxygen atoms in total. The standard InChI is InChI=1S/C13H23N3O5/c1-4-21-13(20)16-7-5-15(6-8-16)12(19)14-10(9(2)3)11(17)18/h9-10H,4-8H2,1-3H3,(H,14,19)(H,17,18). The summed E-state index contributed by atoms with van der Waals surface area (Å²) in [5, 5.41) is 11.6. The van der Waals surface area contributed by atoms with Gasteiger partial charge >= 0.3 is 18.1 Å². The smallest absolute Gasteiger partial charge is 0.409 e. The van der Waals surface area contributed by atoms with Gasteiger partial charge in [-0.2, -0.15) is 0 Å². The van der Waals surface area contributed by atoms with Crippen LogP contribution in [-0.4, -0.2) is 71.8 Å². The predicted molar refractivity (Wildman–Crippen MR) is 75.0 cm³/mol. The minimum absolute atomic E-state index is 0.202. The largest absolute Gasteiger partial charge is 0.480 e. The molecule has 1 rings (SSSR count). The van der Waals surface area contributed by atoms with Gasteiger partial charge in [-0.1, -0.05) is 13.8 Å². The number of carbonyl (C=O) groups is 3. The number of aliphatic carboxylic acids is 1. The third-order valence-corrected chi connectivity index (χ3v) is 3.30. The number of carbonyl (C=O) groups excluding carboxylic acids is 2. The molecule has 120 valence electrons. The molecule has 0 aromatic rings. The van der Waals surface area contributed by atoms with Crippen molar-refractivity contribution in [3.05, 3.63) is 0 Å². The first kappa shape index (κ1) is 17.1. The monoisotopic (exact) mass is 301 g/mol. The lowest BCUT2D eigenvalue weighted by atomic mass is 10.1. The molecule has 3 amide bonds. The minimum Gasteiger partial charge on any atom is -0.480 e. The van der Waals surface area contributed by atoms with E-state index in [1.54, 1.807) is 20.8 Å². The Morgan fingerprint density at radius 1 is 1.14 bits per heavy atom. The van der Waals surface area contributed by atoms with E-state index in [1.807, 2.05) is 0 Å². The van der Waals surface area contributed by atoms with Crippen LogP contribution >= 0.6 is 0 Å². The molecule has 1 atom stereocenters. The van der Waals surface area contributed by atoms with E-state index >= 15 is 0 Å². The number of carboxylic acid groups (broad SMARTS) is 1. The van der Waals surface area contributed by atoms with Crippen molar-refractivity contribution in [2.24, 2.45) is 5.92 Å². The van der Waals surface area contributed by atoms with Crippen molar-refractivity contribution in [1.29, 1.82) is 0 Å². The van der Waals surface area contributed by atoms with E-state index < -0.39 is 18.0 Å². The summed E-state index contributed by atoms with van der Waals surface area (Å²) in [5.74, 6) is -1.25. The Hall–Kier alpha value is -1.99. The number of hydrogen-bond donors (Lipinski definition) is 2. The highest BCUT2D eigenvalue weighted by Gasteiger charge is 2.29. The van der Waals surface area contributed by atoms with Gasteiger partial charge in [0.2, 0.25) is 0 Å². The predicted octanol–water partition coefficient (Wildman–Crippen LogP) is 0.579. The van der Waals surface area contributed by atoms with E-state index in [4.69, 9.17) is 9.84 Å². The quantitative estimate of drug-likeness (QED) is 0.791. The van der Waals surface area contributed by atoms with E-state index in [-0.39, 0.29) is 12.0 Å². The first-order chi connectivity index (χ1) is 9.86. The molecule has 0 radical (unpaired) electrons. The number of rotatable bonds is 4. The van der Waals surface area contributed by atoms with Crippen LogP contribution < -0.4 is 5.32 Å². The van der Waals surface area contributed by atoms with Gasteiger partial charge in [-0.05, 0) is 12.8 Å². The van der Waals surface area contributed by atoms with Crippen molar-refractivity contribution in [2.75, 3.05) is 32.8 Å². The molecule has 0 aromatic carbocycles. The van der Waals surface area contributed by atoms with Crippen LogP contribution in [0.4, 0.5) is 9.59 Å². The first-order valence-electron chi connectivity index (χ1n) is 7.06. The summed E-state index contributed by atoms with van der Waals surface area (Å²) in [7, 11) is 0. The number of nitrogens with zero attached hydrogens (tertiary/aromatic N) is 2. The molecular weight excluding hydrogens is 278 g/mol. The van der Waals surface area contributed by atoms with Crippen LogP contribution in [0, 0.1) is 5.92 Å². The highest BCUT2D eigenvalue weighted by atomic mass is 16.6. The Balaban J connectivity index is 2.48. The van der Waals surface area contributed by atoms with Crippen LogP contribution in [-0.2, 0) is 9.53 Å². The van der Waals surface area contributed by atoms with Crippen LogP contribution in [0.2, 0.25) is 0 Å². The maximum absolute atomic E-state index is 12.0. The zero-order valence-electron chi connectivity index (χ0n) is 12.7. The molecule has 1 heterocycles. The highest BCUT2D eigenvalue weighted by molar-refractivity contribution is 5.83. The zero-order chi connectivity index (χ0) is 16.0. The summed E-state index contributed by atoms with van der Waals surface area (Å²) in [6.07, 6.45) is -0.386. The maximum atomic E-state index is 12.0. The van der Waals surface area contributed by atoms with Gasteiger partial charge in [-0.3, -0.25) is 0 Å². The average Bonchev–Trinajstić information content (AvgIpc) is 2.44. The van der Waals surface area contributed by atoms with E-state index in [9.17, 15) is 14.4 Å². The van der Waals surface area contributed by atoms with Crippen LogP contribution in [0.15, 0.2) is 0 Å². The second-order valence-corrected chi connectivity index (χ2v) is 5.18. The molecule has 1 aliphatic rings. The third kappa shape index (κ3) is 4.80. The van der Waals surface area contributed by atoms with Crippen molar-refractivity contribution >= 4 is 18.1 Å². The van der Waals surface area contributed by atoms with Gasteiger partial charge in [-0.15, -0.1) is 0 Å². The minimum atomic E-state index is -1.05. The molecule has 1 fully saturated rings. The number of ether oxygens (including phenoxy) is 1. The fourth-order valence-corrected chi connectivity index (χ4v) is 2.04. The Morgan fingerprint density at radius 2 is 1.67 bits per heavy atom. The lowest BCUT2D eigenvalue weighted by molar-refractivity contribution is -0.140. The van der Waals surface area contributed by atoms with Crippen molar-refractivity contribution < 1.29 is 24.2 Å². The lowest BCUT2D eigenvalue weighted by Gasteiger charge is -2.34. The molecule has 1 saturated heterocycles. The van der Waals surface area contributed by atoms with Crippen LogP contribution in [0.3, 0.4) is 0 Å². The van der Waals surface area contributed by atoms with Gasteiger partial charge in [0.25, 0.3) is 0 Å². The number of carboxylic acids is 1. The SMILES string of the molecule is CCOC(=O)N1CCN(C(=O)NC(C(=O)O)C(C)C)CC1. The lowest BCUT2D eigenvalue weighted by Crippen LogP contribution is -2.56. The molecule has 0 aromatic heterocycles. The molecule has 2 N–H and O–H groups in total. The summed E-state index contributed by atoms with van der Waals surface area (Å²) >= 11 is 0. The zero-order valence-corrected chi connectivity index (χ0v) is 12.7. The summed E-state index contributed by atoms with van der Waals surface area (Å²) in [4.78, 5) is 37.7. The summed E-state index contributed by atoms with van der Waals surface area (Å²) in [5.41, 5.74) is 0. The molecule has 0 spiro atoms. The van der Waals surface area contributed by atoms with Crippen molar-refractivity contribution in [3.8, 4) is 0 Å². The van der Waals surface area contributed by atoms with Crippen LogP contribution in [0.5, 0.6) is 0 Å². The molecule has 8 heteroatoms. The van der Waals surface area contributed by atoms with Gasteiger partial charge in [0, 0.05) is 26.2 Å². The molecule has 0 saturated carbocycles. The Kier molecular flexibility index (Phi) is 6.26. The molecule has 1 aliphatic heterocycles. The number of urea groups is 1. The van der Waals surface area contributed by atoms with Crippen molar-refractivity contribution in [1.82, 2.24) is 15.1 Å². The topological polar surface area (TPSA) is 99.2 Å². The average molecular weight is 301 g/mol. The van der Waals surface area contributed by atoms with Crippen LogP contribution in [0.25, 0.3) is 0 Å². The fourth-order valence-electron chi connectivity index (χ4n) is 2.04. The molecule has 21 heavy (non-hydrogen) atoms. The van der Waals surface area contributed by atoms with Crippen molar-refractivity contribution in [2.45, 2.75) is 26.8 Å². The van der Waals surface area contributed by atoms with Crippen molar-refractivity contribution in [3.63, 3.8) is 0 Å². The Bertz CT molecular complexity index is 391. The molecule has 0 aliphatic carbocycles. The highest BCUT2D eigenvalue weighted by Crippen LogP contribution is 2.07. The Morgan fingerprint density at radius 3 is 2.10 bits per heavy atom. The summed E-state index contributed by atoms with van der Waals surface area (Å²) in [6.45, 7) is 6.99. The second-order valence-electron chi connectivity index (χ2n) is 5.18. The van der Waals surface area contributed by atoms with Gasteiger partial charge < -0.3 is 25.0 Å². The molecule has 0 bridgehead atoms. The summed E-state index contributed by atoms with van der Waals surface area (Å²) < 4.78 is 4.89. The normalized spacial score (nSPS) is 16.6. The number of piperazine rings is 1. The summed E-state index contributed by atoms with van der Waals surface area (Å²) in [6, 6.07) is -1.33. The van der Waals surface area contributed by atoms with Gasteiger partial charge in [0.1, 0.15) is 6.04 Å². The van der Waals surface area contributed by atoms with Gasteiger partial charge in [0.15, 0.2) is 0 Å². The number of nitrogens with one attached hydrogen (secondary N) is 1. The third-order valence-electron chi connectivity index (χ3n) is 3.30. The maximum Gasteiger partial charge on any atom is 0.409 e. The first-order valence-corrected chi connectivity index (χ1v) is 7.06. The Labute approximate surface area is 124 Å². The van der Waals surface area contributed by atoms with Gasteiger partial charge in [0.05, 0.1) is 6.61 Å². The second kappa shape index (κ2) is 7.70. The van der Waals surface area contributed by atoms with E-state index in [0.29, 0.717) is 32.8 Å². The van der Waals surface area contributed by atoms with E-state index in [2.05, 4.69) is 5.32 Å².